The van der Waals surface area contributed by atoms with Gasteiger partial charge >= 0.3 is 6.18 Å². The van der Waals surface area contributed by atoms with E-state index in [1.54, 1.807) is 6.20 Å². The summed E-state index contributed by atoms with van der Waals surface area (Å²) in [5.74, 6) is -0.845. The monoisotopic (exact) mass is 255 g/mol. The van der Waals surface area contributed by atoms with Crippen LogP contribution in [0.5, 0.6) is 0 Å². The molecule has 0 aromatic carbocycles. The molecule has 0 bridgehead atoms. The fourth-order valence-corrected chi connectivity index (χ4v) is 2.35. The van der Waals surface area contributed by atoms with Gasteiger partial charge in [0.05, 0.1) is 11.6 Å². The number of halogens is 3. The van der Waals surface area contributed by atoms with Crippen LogP contribution in [0.25, 0.3) is 6.08 Å². The minimum absolute atomic E-state index is 0.251. The Morgan fingerprint density at radius 3 is 2.39 bits per heavy atom. The maximum absolute atomic E-state index is 12.5. The van der Waals surface area contributed by atoms with Gasteiger partial charge in [0.15, 0.2) is 0 Å². The van der Waals surface area contributed by atoms with Crippen LogP contribution in [-0.2, 0) is 0 Å². The third-order valence-electron chi connectivity index (χ3n) is 3.46. The maximum atomic E-state index is 12.5. The average Bonchev–Trinajstić information content (AvgIpc) is 2.37. The van der Waals surface area contributed by atoms with Crippen molar-refractivity contribution in [3.8, 4) is 0 Å². The number of pyridine rings is 1. The molecule has 2 rings (SSSR count). The Balaban J connectivity index is 1.86. The van der Waals surface area contributed by atoms with Crippen molar-refractivity contribution < 1.29 is 13.2 Å². The highest BCUT2D eigenvalue weighted by molar-refractivity contribution is 5.44. The van der Waals surface area contributed by atoms with Crippen molar-refractivity contribution in [2.75, 3.05) is 0 Å². The van der Waals surface area contributed by atoms with Crippen LogP contribution in [0, 0.1) is 11.8 Å². The smallest absolute Gasteiger partial charge is 0.257 e. The van der Waals surface area contributed by atoms with E-state index in [0.717, 1.165) is 5.69 Å². The van der Waals surface area contributed by atoms with Gasteiger partial charge in [-0.2, -0.15) is 13.2 Å². The predicted octanol–water partition coefficient (Wildman–Crippen LogP) is 4.46. The van der Waals surface area contributed by atoms with Gasteiger partial charge in [0, 0.05) is 6.20 Å². The highest BCUT2D eigenvalue weighted by Gasteiger charge is 2.40. The lowest BCUT2D eigenvalue weighted by molar-refractivity contribution is -0.183. The summed E-state index contributed by atoms with van der Waals surface area (Å²) in [6.45, 7) is 0. The van der Waals surface area contributed by atoms with Gasteiger partial charge in [0.25, 0.3) is 0 Å². The van der Waals surface area contributed by atoms with Crippen molar-refractivity contribution in [3.05, 3.63) is 36.2 Å². The Hall–Kier alpha value is -1.32. The van der Waals surface area contributed by atoms with Gasteiger partial charge in [-0.05, 0) is 49.8 Å². The summed E-state index contributed by atoms with van der Waals surface area (Å²) in [6.07, 6.45) is 3.33. The second-order valence-corrected chi connectivity index (χ2v) is 4.77. The van der Waals surface area contributed by atoms with Gasteiger partial charge in [-0.3, -0.25) is 4.98 Å². The number of hydrogen-bond donors (Lipinski definition) is 0. The van der Waals surface area contributed by atoms with E-state index in [4.69, 9.17) is 0 Å². The van der Waals surface area contributed by atoms with Gasteiger partial charge in [0.2, 0.25) is 0 Å². The molecule has 0 spiro atoms. The number of nitrogens with zero attached hydrogens (tertiary/aromatic N) is 1. The average molecular weight is 255 g/mol. The lowest BCUT2D eigenvalue weighted by Gasteiger charge is -2.28. The molecule has 1 aliphatic carbocycles. The van der Waals surface area contributed by atoms with Crippen molar-refractivity contribution in [2.45, 2.75) is 31.9 Å². The maximum Gasteiger partial charge on any atom is 0.391 e. The summed E-state index contributed by atoms with van der Waals surface area (Å²) in [6, 6.07) is 5.62. The Labute approximate surface area is 105 Å². The summed E-state index contributed by atoms with van der Waals surface area (Å²) in [4.78, 5) is 4.15. The van der Waals surface area contributed by atoms with Crippen LogP contribution in [0.1, 0.15) is 31.4 Å². The molecule has 0 unspecified atom stereocenters. The second-order valence-electron chi connectivity index (χ2n) is 4.77. The zero-order valence-electron chi connectivity index (χ0n) is 10.0. The molecule has 1 saturated carbocycles. The Kier molecular flexibility index (Phi) is 4.04. The summed E-state index contributed by atoms with van der Waals surface area (Å²) in [7, 11) is 0. The first kappa shape index (κ1) is 13.1. The quantitative estimate of drug-likeness (QED) is 0.760. The highest BCUT2D eigenvalue weighted by atomic mass is 19.4. The van der Waals surface area contributed by atoms with E-state index >= 15 is 0 Å². The van der Waals surface area contributed by atoms with Gasteiger partial charge in [-0.15, -0.1) is 0 Å². The molecule has 0 N–H and O–H groups in total. The number of rotatable bonds is 2. The van der Waals surface area contributed by atoms with Crippen LogP contribution in [-0.4, -0.2) is 11.2 Å². The molecule has 98 valence electrons. The van der Waals surface area contributed by atoms with E-state index in [-0.39, 0.29) is 18.8 Å². The molecule has 1 aliphatic rings. The van der Waals surface area contributed by atoms with Gasteiger partial charge < -0.3 is 0 Å². The third kappa shape index (κ3) is 3.59. The van der Waals surface area contributed by atoms with Crippen molar-refractivity contribution in [1.29, 1.82) is 0 Å². The minimum Gasteiger partial charge on any atom is -0.257 e. The zero-order chi connectivity index (χ0) is 13.0. The van der Waals surface area contributed by atoms with Crippen LogP contribution in [0.15, 0.2) is 30.5 Å². The topological polar surface area (TPSA) is 12.9 Å². The lowest BCUT2D eigenvalue weighted by Crippen LogP contribution is -2.27. The van der Waals surface area contributed by atoms with Crippen LogP contribution >= 0.6 is 0 Å². The van der Waals surface area contributed by atoms with E-state index in [2.05, 4.69) is 4.98 Å². The standard InChI is InChI=1S/C14H16F3N/c15-14(16,17)12-7-4-11(5-8-12)6-9-13-3-1-2-10-18-13/h1-3,6,9-12H,4-5,7-8H2/b9-6+. The van der Waals surface area contributed by atoms with Crippen molar-refractivity contribution >= 4 is 6.08 Å². The fraction of sp³-hybridized carbons (Fsp3) is 0.500. The van der Waals surface area contributed by atoms with Crippen LogP contribution in [0.2, 0.25) is 0 Å². The van der Waals surface area contributed by atoms with Crippen LogP contribution < -0.4 is 0 Å². The molecular formula is C14H16F3N. The minimum atomic E-state index is -4.02. The highest BCUT2D eigenvalue weighted by Crippen LogP contribution is 2.39. The number of alkyl halides is 3. The first-order valence-electron chi connectivity index (χ1n) is 6.21. The number of aromatic nitrogens is 1. The molecule has 0 amide bonds. The molecule has 0 saturated heterocycles. The largest absolute Gasteiger partial charge is 0.391 e. The van der Waals surface area contributed by atoms with Crippen molar-refractivity contribution in [2.24, 2.45) is 11.8 Å². The number of hydrogen-bond acceptors (Lipinski definition) is 1. The summed E-state index contributed by atoms with van der Waals surface area (Å²) in [5.41, 5.74) is 0.857. The van der Waals surface area contributed by atoms with Gasteiger partial charge in [-0.1, -0.05) is 12.1 Å². The summed E-state index contributed by atoms with van der Waals surface area (Å²) < 4.78 is 37.5. The molecule has 1 heterocycles. The summed E-state index contributed by atoms with van der Waals surface area (Å²) >= 11 is 0. The molecule has 1 fully saturated rings. The first-order valence-corrected chi connectivity index (χ1v) is 6.21. The van der Waals surface area contributed by atoms with E-state index in [1.165, 1.54) is 0 Å². The Morgan fingerprint density at radius 2 is 1.83 bits per heavy atom. The molecule has 1 aromatic heterocycles. The molecule has 1 nitrogen and oxygen atoms in total. The van der Waals surface area contributed by atoms with E-state index < -0.39 is 12.1 Å². The van der Waals surface area contributed by atoms with Crippen LogP contribution in [0.3, 0.4) is 0 Å². The van der Waals surface area contributed by atoms with Crippen LogP contribution in [0.4, 0.5) is 13.2 Å². The third-order valence-corrected chi connectivity index (χ3v) is 3.46. The normalized spacial score (nSPS) is 25.5. The lowest BCUT2D eigenvalue weighted by atomic mass is 9.81. The molecule has 4 heteroatoms. The molecule has 0 aliphatic heterocycles. The number of allylic oxidation sites excluding steroid dienone is 1. The predicted molar refractivity (Wildman–Crippen MR) is 64.8 cm³/mol. The summed E-state index contributed by atoms with van der Waals surface area (Å²) in [5, 5.41) is 0. The van der Waals surface area contributed by atoms with Gasteiger partial charge in [0.1, 0.15) is 0 Å². The first-order chi connectivity index (χ1) is 8.55. The Morgan fingerprint density at radius 1 is 1.11 bits per heavy atom. The SMILES string of the molecule is FC(F)(F)C1CCC(/C=C/c2ccccn2)CC1. The van der Waals surface area contributed by atoms with Crippen molar-refractivity contribution in [1.82, 2.24) is 4.98 Å². The fourth-order valence-electron chi connectivity index (χ4n) is 2.35. The molecule has 0 radical (unpaired) electrons. The van der Waals surface area contributed by atoms with E-state index in [9.17, 15) is 13.2 Å². The Bertz CT molecular complexity index is 389. The molecule has 1 aromatic rings. The molecular weight excluding hydrogens is 239 g/mol. The van der Waals surface area contributed by atoms with Gasteiger partial charge in [-0.25, -0.2) is 0 Å². The second kappa shape index (κ2) is 5.55. The molecule has 18 heavy (non-hydrogen) atoms. The zero-order valence-corrected chi connectivity index (χ0v) is 10.0. The molecule has 0 atom stereocenters. The van der Waals surface area contributed by atoms with Crippen molar-refractivity contribution in [3.63, 3.8) is 0 Å². The van der Waals surface area contributed by atoms with E-state index in [0.29, 0.717) is 12.8 Å². The van der Waals surface area contributed by atoms with E-state index in [1.807, 2.05) is 30.4 Å².